The normalized spacial score (nSPS) is 18.9. The van der Waals surface area contributed by atoms with Crippen molar-refractivity contribution in [2.24, 2.45) is 11.0 Å². The predicted octanol–water partition coefficient (Wildman–Crippen LogP) is 3.26. The molecule has 1 aliphatic heterocycles. The van der Waals surface area contributed by atoms with E-state index in [1.165, 1.54) is 5.56 Å². The summed E-state index contributed by atoms with van der Waals surface area (Å²) in [5, 5.41) is 3.55. The molecule has 0 bridgehead atoms. The van der Waals surface area contributed by atoms with Gasteiger partial charge in [0.1, 0.15) is 0 Å². The highest BCUT2D eigenvalue weighted by Gasteiger charge is 2.30. The highest BCUT2D eigenvalue weighted by molar-refractivity contribution is 14.1. The van der Waals surface area contributed by atoms with Crippen molar-refractivity contribution in [3.05, 3.63) is 37.8 Å². The summed E-state index contributed by atoms with van der Waals surface area (Å²) in [5.74, 6) is 0.236. The van der Waals surface area contributed by atoms with Gasteiger partial charge in [-0.2, -0.15) is 0 Å². The predicted molar refractivity (Wildman–Crippen MR) is 78.4 cm³/mol. The molecule has 1 aromatic carbocycles. The Morgan fingerprint density at radius 3 is 3.06 bits per heavy atom. The van der Waals surface area contributed by atoms with Crippen molar-refractivity contribution < 1.29 is 4.79 Å². The highest BCUT2D eigenvalue weighted by atomic mass is 127. The van der Waals surface area contributed by atoms with Gasteiger partial charge in [0.25, 0.3) is 0 Å². The fourth-order valence-corrected chi connectivity index (χ4v) is 3.08. The Kier molecular flexibility index (Phi) is 4.08. The van der Waals surface area contributed by atoms with Gasteiger partial charge in [-0.15, -0.1) is 0 Å². The van der Waals surface area contributed by atoms with Gasteiger partial charge in [-0.25, -0.2) is 0 Å². The lowest BCUT2D eigenvalue weighted by Gasteiger charge is -2.18. The van der Waals surface area contributed by atoms with Crippen LogP contribution in [0, 0.1) is 16.4 Å². The van der Waals surface area contributed by atoms with Gasteiger partial charge in [0, 0.05) is 28.0 Å². The first-order valence-electron chi connectivity index (χ1n) is 5.69. The molecule has 0 radical (unpaired) electrons. The maximum Gasteiger partial charge on any atom is 0.227 e. The molecule has 2 rings (SSSR count). The van der Waals surface area contributed by atoms with Crippen molar-refractivity contribution in [3.8, 4) is 0 Å². The van der Waals surface area contributed by atoms with Crippen LogP contribution in [0.5, 0.6) is 0 Å². The Bertz CT molecular complexity index is 525. The standard InChI is InChI=1S/C12H13IN4O/c1-8-2-3-11(10(13)4-8)17-7-9(5-12(17)18)6-15-16-14/h2-4,9H,5-7H2,1H3. The summed E-state index contributed by atoms with van der Waals surface area (Å²) < 4.78 is 1.07. The molecule has 1 unspecified atom stereocenters. The van der Waals surface area contributed by atoms with Crippen LogP contribution >= 0.6 is 22.6 Å². The van der Waals surface area contributed by atoms with E-state index in [1.54, 1.807) is 4.90 Å². The molecular formula is C12H13IN4O. The Hall–Kier alpha value is -1.27. The monoisotopic (exact) mass is 356 g/mol. The second-order valence-electron chi connectivity index (χ2n) is 4.44. The van der Waals surface area contributed by atoms with Gasteiger partial charge in [0.05, 0.1) is 5.69 Å². The number of nitrogens with zero attached hydrogens (tertiary/aromatic N) is 4. The number of carbonyl (C=O) groups is 1. The zero-order valence-electron chi connectivity index (χ0n) is 10.0. The molecule has 0 aromatic heterocycles. The Morgan fingerprint density at radius 1 is 1.61 bits per heavy atom. The SMILES string of the molecule is Cc1ccc(N2CC(CN=[N+]=[N-])CC2=O)c(I)c1. The van der Waals surface area contributed by atoms with E-state index in [0.717, 1.165) is 9.26 Å². The summed E-state index contributed by atoms with van der Waals surface area (Å²) in [5.41, 5.74) is 10.4. The zero-order valence-corrected chi connectivity index (χ0v) is 12.2. The van der Waals surface area contributed by atoms with E-state index in [0.29, 0.717) is 19.5 Å². The summed E-state index contributed by atoms with van der Waals surface area (Å²) in [6.45, 7) is 3.06. The summed E-state index contributed by atoms with van der Waals surface area (Å²) in [6, 6.07) is 6.04. The van der Waals surface area contributed by atoms with Crippen molar-refractivity contribution in [1.29, 1.82) is 0 Å². The van der Waals surface area contributed by atoms with Gasteiger partial charge < -0.3 is 4.90 Å². The van der Waals surface area contributed by atoms with E-state index in [1.807, 2.05) is 19.1 Å². The first kappa shape index (κ1) is 13.2. The lowest BCUT2D eigenvalue weighted by molar-refractivity contribution is -0.117. The number of azide groups is 1. The lowest BCUT2D eigenvalue weighted by atomic mass is 10.1. The molecule has 0 N–H and O–H groups in total. The van der Waals surface area contributed by atoms with Crippen LogP contribution in [-0.4, -0.2) is 19.0 Å². The van der Waals surface area contributed by atoms with Crippen molar-refractivity contribution in [2.75, 3.05) is 18.0 Å². The molecule has 0 spiro atoms. The minimum atomic E-state index is 0.106. The molecule has 1 heterocycles. The topological polar surface area (TPSA) is 69.1 Å². The number of aryl methyl sites for hydroxylation is 1. The van der Waals surface area contributed by atoms with E-state index in [2.05, 4.69) is 38.7 Å². The summed E-state index contributed by atoms with van der Waals surface area (Å²) in [7, 11) is 0. The van der Waals surface area contributed by atoms with Crippen molar-refractivity contribution in [2.45, 2.75) is 13.3 Å². The van der Waals surface area contributed by atoms with Gasteiger partial charge in [-0.3, -0.25) is 4.79 Å². The molecule has 1 aromatic rings. The van der Waals surface area contributed by atoms with Crippen molar-refractivity contribution in [1.82, 2.24) is 0 Å². The van der Waals surface area contributed by atoms with Crippen LogP contribution in [0.4, 0.5) is 5.69 Å². The van der Waals surface area contributed by atoms with Gasteiger partial charge in [-0.05, 0) is 58.7 Å². The molecule has 1 atom stereocenters. The smallest absolute Gasteiger partial charge is 0.227 e. The minimum Gasteiger partial charge on any atom is -0.311 e. The molecule has 0 aliphatic carbocycles. The first-order valence-corrected chi connectivity index (χ1v) is 6.77. The fourth-order valence-electron chi connectivity index (χ4n) is 2.12. The van der Waals surface area contributed by atoms with E-state index >= 15 is 0 Å². The minimum absolute atomic E-state index is 0.106. The number of hydrogen-bond acceptors (Lipinski definition) is 2. The maximum absolute atomic E-state index is 12.0. The van der Waals surface area contributed by atoms with Crippen LogP contribution in [0.25, 0.3) is 10.4 Å². The largest absolute Gasteiger partial charge is 0.311 e. The summed E-state index contributed by atoms with van der Waals surface area (Å²) in [6.07, 6.45) is 0.461. The second-order valence-corrected chi connectivity index (χ2v) is 5.60. The Balaban J connectivity index is 2.18. The molecule has 18 heavy (non-hydrogen) atoms. The van der Waals surface area contributed by atoms with E-state index < -0.39 is 0 Å². The third-order valence-electron chi connectivity index (χ3n) is 3.00. The summed E-state index contributed by atoms with van der Waals surface area (Å²) >= 11 is 2.25. The molecule has 1 fully saturated rings. The van der Waals surface area contributed by atoms with Crippen LogP contribution in [-0.2, 0) is 4.79 Å². The van der Waals surface area contributed by atoms with E-state index in [9.17, 15) is 4.79 Å². The quantitative estimate of drug-likeness (QED) is 0.355. The molecule has 1 saturated heterocycles. The van der Waals surface area contributed by atoms with E-state index in [-0.39, 0.29) is 11.8 Å². The van der Waals surface area contributed by atoms with Crippen molar-refractivity contribution >= 4 is 34.2 Å². The average Bonchev–Trinajstić information content (AvgIpc) is 2.68. The first-order chi connectivity index (χ1) is 8.61. The summed E-state index contributed by atoms with van der Waals surface area (Å²) in [4.78, 5) is 16.5. The second kappa shape index (κ2) is 5.58. The lowest BCUT2D eigenvalue weighted by Crippen LogP contribution is -2.25. The molecule has 5 nitrogen and oxygen atoms in total. The third-order valence-corrected chi connectivity index (χ3v) is 3.87. The van der Waals surface area contributed by atoms with Gasteiger partial charge in [0.15, 0.2) is 0 Å². The highest BCUT2D eigenvalue weighted by Crippen LogP contribution is 2.29. The van der Waals surface area contributed by atoms with E-state index in [4.69, 9.17) is 5.53 Å². The molecule has 1 aliphatic rings. The number of halogens is 1. The van der Waals surface area contributed by atoms with Crippen LogP contribution in [0.2, 0.25) is 0 Å². The van der Waals surface area contributed by atoms with Crippen LogP contribution < -0.4 is 4.90 Å². The molecule has 1 amide bonds. The Morgan fingerprint density at radius 2 is 2.39 bits per heavy atom. The van der Waals surface area contributed by atoms with Crippen molar-refractivity contribution in [3.63, 3.8) is 0 Å². The molecule has 0 saturated carbocycles. The number of hydrogen-bond donors (Lipinski definition) is 0. The number of benzene rings is 1. The fraction of sp³-hybridized carbons (Fsp3) is 0.417. The number of rotatable bonds is 3. The number of carbonyl (C=O) groups excluding carboxylic acids is 1. The van der Waals surface area contributed by atoms with Gasteiger partial charge >= 0.3 is 0 Å². The zero-order chi connectivity index (χ0) is 13.1. The number of anilines is 1. The molecule has 94 valence electrons. The Labute approximate surface area is 119 Å². The van der Waals surface area contributed by atoms with Gasteiger partial charge in [0.2, 0.25) is 5.91 Å². The number of amides is 1. The molecule has 6 heteroatoms. The van der Waals surface area contributed by atoms with Crippen LogP contribution in [0.3, 0.4) is 0 Å². The molecular weight excluding hydrogens is 343 g/mol. The van der Waals surface area contributed by atoms with Crippen LogP contribution in [0.1, 0.15) is 12.0 Å². The average molecular weight is 356 g/mol. The van der Waals surface area contributed by atoms with Crippen LogP contribution in [0.15, 0.2) is 23.3 Å². The third kappa shape index (κ3) is 2.76. The maximum atomic E-state index is 12.0. The van der Waals surface area contributed by atoms with Gasteiger partial charge in [-0.1, -0.05) is 11.2 Å².